The van der Waals surface area contributed by atoms with Gasteiger partial charge in [-0.25, -0.2) is 13.1 Å². The second-order valence-electron chi connectivity index (χ2n) is 2.74. The van der Waals surface area contributed by atoms with Crippen LogP contribution in [0.1, 0.15) is 13.3 Å². The van der Waals surface area contributed by atoms with Crippen molar-refractivity contribution < 1.29 is 13.2 Å². The zero-order chi connectivity index (χ0) is 10.3. The fourth-order valence-electron chi connectivity index (χ4n) is 0.893. The van der Waals surface area contributed by atoms with Crippen molar-refractivity contribution in [2.45, 2.75) is 19.4 Å². The van der Waals surface area contributed by atoms with Crippen molar-refractivity contribution in [3.63, 3.8) is 0 Å². The predicted molar refractivity (Wildman–Crippen MR) is 53.6 cm³/mol. The van der Waals surface area contributed by atoms with E-state index in [2.05, 4.69) is 4.72 Å². The van der Waals surface area contributed by atoms with Gasteiger partial charge in [-0.05, 0) is 6.42 Å². The number of methoxy groups -OCH3 is 1. The molecule has 0 aromatic heterocycles. The standard InChI is InChI=1S/C7H16ClNO3S/c1-3-4-13(10,11)9-7(5-8)6-12-2/h7,9H,3-6H2,1-2H3. The van der Waals surface area contributed by atoms with E-state index < -0.39 is 10.0 Å². The summed E-state index contributed by atoms with van der Waals surface area (Å²) in [7, 11) is -1.67. The molecule has 13 heavy (non-hydrogen) atoms. The smallest absolute Gasteiger partial charge is 0.211 e. The van der Waals surface area contributed by atoms with E-state index in [1.54, 1.807) is 0 Å². The lowest BCUT2D eigenvalue weighted by Crippen LogP contribution is -2.40. The van der Waals surface area contributed by atoms with Gasteiger partial charge in [-0.3, -0.25) is 0 Å². The Morgan fingerprint density at radius 1 is 1.54 bits per heavy atom. The fourth-order valence-corrected chi connectivity index (χ4v) is 2.47. The molecule has 0 aliphatic heterocycles. The van der Waals surface area contributed by atoms with Crippen molar-refractivity contribution in [1.29, 1.82) is 0 Å². The first-order valence-electron chi connectivity index (χ1n) is 4.10. The van der Waals surface area contributed by atoms with Crippen molar-refractivity contribution in [2.24, 2.45) is 0 Å². The Morgan fingerprint density at radius 3 is 2.54 bits per heavy atom. The van der Waals surface area contributed by atoms with Crippen LogP contribution in [0.3, 0.4) is 0 Å². The molecule has 80 valence electrons. The third-order valence-electron chi connectivity index (χ3n) is 1.37. The van der Waals surface area contributed by atoms with Gasteiger partial charge in [-0.15, -0.1) is 11.6 Å². The summed E-state index contributed by atoms with van der Waals surface area (Å²) < 4.78 is 29.8. The first-order valence-corrected chi connectivity index (χ1v) is 6.29. The summed E-state index contributed by atoms with van der Waals surface area (Å²) >= 11 is 5.55. The lowest BCUT2D eigenvalue weighted by Gasteiger charge is -2.14. The molecule has 0 aliphatic carbocycles. The molecule has 0 amide bonds. The average Bonchev–Trinajstić information content (AvgIpc) is 2.03. The van der Waals surface area contributed by atoms with E-state index in [1.165, 1.54) is 7.11 Å². The molecule has 0 saturated heterocycles. The first kappa shape index (κ1) is 13.2. The number of hydrogen-bond acceptors (Lipinski definition) is 3. The molecule has 0 aliphatic rings. The average molecular weight is 230 g/mol. The van der Waals surface area contributed by atoms with Crippen molar-refractivity contribution >= 4 is 21.6 Å². The monoisotopic (exact) mass is 229 g/mol. The van der Waals surface area contributed by atoms with Gasteiger partial charge in [-0.2, -0.15) is 0 Å². The van der Waals surface area contributed by atoms with Gasteiger partial charge in [0.05, 0.1) is 18.4 Å². The number of rotatable bonds is 7. The van der Waals surface area contributed by atoms with Gasteiger partial charge in [0.15, 0.2) is 0 Å². The van der Waals surface area contributed by atoms with Crippen molar-refractivity contribution in [3.05, 3.63) is 0 Å². The molecular formula is C7H16ClNO3S. The molecule has 6 heteroatoms. The second-order valence-corrected chi connectivity index (χ2v) is 4.93. The first-order chi connectivity index (χ1) is 6.05. The highest BCUT2D eigenvalue weighted by atomic mass is 35.5. The van der Waals surface area contributed by atoms with E-state index in [-0.39, 0.29) is 17.7 Å². The van der Waals surface area contributed by atoms with E-state index >= 15 is 0 Å². The van der Waals surface area contributed by atoms with Crippen LogP contribution < -0.4 is 4.72 Å². The van der Waals surface area contributed by atoms with Crippen LogP contribution in [0.25, 0.3) is 0 Å². The molecule has 1 atom stereocenters. The predicted octanol–water partition coefficient (Wildman–Crippen LogP) is 0.570. The molecule has 1 N–H and O–H groups in total. The van der Waals surface area contributed by atoms with Crippen LogP contribution in [0.15, 0.2) is 0 Å². The molecule has 0 rings (SSSR count). The summed E-state index contributed by atoms with van der Waals surface area (Å²) in [4.78, 5) is 0. The number of ether oxygens (including phenoxy) is 1. The Kier molecular flexibility index (Phi) is 6.67. The topological polar surface area (TPSA) is 55.4 Å². The van der Waals surface area contributed by atoms with Crippen LogP contribution >= 0.6 is 11.6 Å². The number of halogens is 1. The number of alkyl halides is 1. The minimum absolute atomic E-state index is 0.129. The SMILES string of the molecule is CCCS(=O)(=O)NC(CCl)COC. The summed E-state index contributed by atoms with van der Waals surface area (Å²) in [6.07, 6.45) is 0.595. The highest BCUT2D eigenvalue weighted by molar-refractivity contribution is 7.89. The third-order valence-corrected chi connectivity index (χ3v) is 3.38. The Morgan fingerprint density at radius 2 is 2.15 bits per heavy atom. The van der Waals surface area contributed by atoms with Gasteiger partial charge in [-0.1, -0.05) is 6.92 Å². The minimum atomic E-state index is -3.18. The Hall–Kier alpha value is 0.160. The van der Waals surface area contributed by atoms with Crippen LogP contribution in [-0.2, 0) is 14.8 Å². The molecule has 0 bridgehead atoms. The van der Waals surface area contributed by atoms with Gasteiger partial charge in [0, 0.05) is 13.0 Å². The molecule has 0 heterocycles. The quantitative estimate of drug-likeness (QED) is 0.650. The number of sulfonamides is 1. The van der Waals surface area contributed by atoms with Gasteiger partial charge in [0.25, 0.3) is 0 Å². The Bertz CT molecular complexity index is 218. The molecule has 0 fully saturated rings. The molecular weight excluding hydrogens is 214 g/mol. The van der Waals surface area contributed by atoms with Crippen LogP contribution in [0.5, 0.6) is 0 Å². The molecule has 0 saturated carbocycles. The van der Waals surface area contributed by atoms with E-state index in [4.69, 9.17) is 16.3 Å². The van der Waals surface area contributed by atoms with Crippen LogP contribution in [0.4, 0.5) is 0 Å². The molecule has 1 unspecified atom stereocenters. The van der Waals surface area contributed by atoms with Crippen LogP contribution in [-0.4, -0.2) is 39.8 Å². The number of nitrogens with one attached hydrogen (secondary N) is 1. The molecule has 0 aromatic rings. The summed E-state index contributed by atoms with van der Waals surface area (Å²) in [6, 6.07) is -0.330. The van der Waals surface area contributed by atoms with Crippen LogP contribution in [0, 0.1) is 0 Å². The fraction of sp³-hybridized carbons (Fsp3) is 1.00. The third kappa shape index (κ3) is 6.26. The summed E-state index contributed by atoms with van der Waals surface area (Å²) in [5, 5.41) is 0. The molecule has 0 aromatic carbocycles. The number of hydrogen-bond donors (Lipinski definition) is 1. The van der Waals surface area contributed by atoms with Crippen molar-refractivity contribution in [1.82, 2.24) is 4.72 Å². The normalized spacial score (nSPS) is 14.4. The summed E-state index contributed by atoms with van der Waals surface area (Å²) in [5.41, 5.74) is 0. The van der Waals surface area contributed by atoms with Crippen LogP contribution in [0.2, 0.25) is 0 Å². The largest absolute Gasteiger partial charge is 0.383 e. The Labute approximate surface area is 84.7 Å². The summed E-state index contributed by atoms with van der Waals surface area (Å²) in [6.45, 7) is 2.11. The van der Waals surface area contributed by atoms with E-state index in [1.807, 2.05) is 6.92 Å². The lowest BCUT2D eigenvalue weighted by molar-refractivity contribution is 0.181. The van der Waals surface area contributed by atoms with Gasteiger partial charge < -0.3 is 4.74 Å². The molecule has 4 nitrogen and oxygen atoms in total. The Balaban J connectivity index is 4.06. The maximum absolute atomic E-state index is 11.2. The summed E-state index contributed by atoms with van der Waals surface area (Å²) in [5.74, 6) is 0.348. The van der Waals surface area contributed by atoms with E-state index in [9.17, 15) is 8.42 Å². The lowest BCUT2D eigenvalue weighted by atomic mass is 10.4. The van der Waals surface area contributed by atoms with E-state index in [0.29, 0.717) is 13.0 Å². The highest BCUT2D eigenvalue weighted by Crippen LogP contribution is 1.95. The van der Waals surface area contributed by atoms with Gasteiger partial charge in [0.2, 0.25) is 10.0 Å². The van der Waals surface area contributed by atoms with E-state index in [0.717, 1.165) is 0 Å². The minimum Gasteiger partial charge on any atom is -0.383 e. The second kappa shape index (κ2) is 6.59. The zero-order valence-corrected chi connectivity index (χ0v) is 9.49. The highest BCUT2D eigenvalue weighted by Gasteiger charge is 2.15. The van der Waals surface area contributed by atoms with Crippen molar-refractivity contribution in [3.8, 4) is 0 Å². The zero-order valence-electron chi connectivity index (χ0n) is 7.92. The van der Waals surface area contributed by atoms with Crippen molar-refractivity contribution in [2.75, 3.05) is 25.3 Å². The van der Waals surface area contributed by atoms with Gasteiger partial charge in [0.1, 0.15) is 0 Å². The molecule has 0 radical (unpaired) electrons. The maximum atomic E-state index is 11.2. The van der Waals surface area contributed by atoms with Gasteiger partial charge >= 0.3 is 0 Å². The molecule has 0 spiro atoms. The maximum Gasteiger partial charge on any atom is 0.211 e.